The Balaban J connectivity index is 2.22. The zero-order valence-corrected chi connectivity index (χ0v) is 13.4. The Bertz CT molecular complexity index is 519. The Kier molecular flexibility index (Phi) is 3.82. The number of hydrogen-bond acceptors (Lipinski definition) is 2. The van der Waals surface area contributed by atoms with Gasteiger partial charge in [0, 0.05) is 6.04 Å². The van der Waals surface area contributed by atoms with E-state index < -0.39 is 0 Å². The molecular weight excluding hydrogens is 244 g/mol. The van der Waals surface area contributed by atoms with Crippen LogP contribution in [0.25, 0.3) is 0 Å². The molecular formula is C18H26N2. The average molecular weight is 270 g/mol. The number of aryl methyl sites for hydroxylation is 1. The molecule has 0 bridgehead atoms. The van der Waals surface area contributed by atoms with Crippen LogP contribution >= 0.6 is 0 Å². The molecule has 1 aliphatic carbocycles. The van der Waals surface area contributed by atoms with Gasteiger partial charge >= 0.3 is 0 Å². The number of nitriles is 1. The molecule has 2 rings (SSSR count). The monoisotopic (exact) mass is 270 g/mol. The molecule has 0 saturated heterocycles. The minimum Gasteiger partial charge on any atom is -0.381 e. The van der Waals surface area contributed by atoms with Gasteiger partial charge in [0.15, 0.2) is 0 Å². The van der Waals surface area contributed by atoms with Gasteiger partial charge in [-0.1, -0.05) is 39.8 Å². The molecule has 0 radical (unpaired) electrons. The summed E-state index contributed by atoms with van der Waals surface area (Å²) in [4.78, 5) is 0. The number of nitrogens with zero attached hydrogens (tertiary/aromatic N) is 1. The Labute approximate surface area is 123 Å². The largest absolute Gasteiger partial charge is 0.381 e. The lowest BCUT2D eigenvalue weighted by atomic mass is 9.63. The minimum absolute atomic E-state index is 0.357. The second kappa shape index (κ2) is 5.13. The summed E-state index contributed by atoms with van der Waals surface area (Å²) in [7, 11) is 0. The first-order chi connectivity index (χ1) is 9.22. The van der Waals surface area contributed by atoms with E-state index in [0.717, 1.165) is 29.7 Å². The van der Waals surface area contributed by atoms with Crippen molar-refractivity contribution in [3.63, 3.8) is 0 Å². The van der Waals surface area contributed by atoms with Crippen LogP contribution in [0.2, 0.25) is 0 Å². The molecule has 2 heteroatoms. The summed E-state index contributed by atoms with van der Waals surface area (Å²) in [5, 5.41) is 13.0. The van der Waals surface area contributed by atoms with E-state index in [1.807, 2.05) is 25.1 Å². The van der Waals surface area contributed by atoms with Gasteiger partial charge in [0.25, 0.3) is 0 Å². The molecule has 1 aliphatic rings. The van der Waals surface area contributed by atoms with Crippen LogP contribution in [0.3, 0.4) is 0 Å². The van der Waals surface area contributed by atoms with Gasteiger partial charge < -0.3 is 5.32 Å². The van der Waals surface area contributed by atoms with E-state index >= 15 is 0 Å². The Morgan fingerprint density at radius 1 is 1.15 bits per heavy atom. The minimum atomic E-state index is 0.357. The van der Waals surface area contributed by atoms with Crippen LogP contribution in [0.5, 0.6) is 0 Å². The van der Waals surface area contributed by atoms with Crippen molar-refractivity contribution in [1.29, 1.82) is 5.26 Å². The van der Waals surface area contributed by atoms with Gasteiger partial charge in [-0.2, -0.15) is 5.26 Å². The van der Waals surface area contributed by atoms with Crippen molar-refractivity contribution in [1.82, 2.24) is 0 Å². The molecule has 20 heavy (non-hydrogen) atoms. The number of anilines is 1. The Morgan fingerprint density at radius 3 is 2.30 bits per heavy atom. The van der Waals surface area contributed by atoms with E-state index in [2.05, 4.69) is 39.1 Å². The highest BCUT2D eigenvalue weighted by Gasteiger charge is 2.38. The van der Waals surface area contributed by atoms with Crippen LogP contribution in [-0.4, -0.2) is 6.04 Å². The first kappa shape index (κ1) is 14.9. The van der Waals surface area contributed by atoms with E-state index in [0.29, 0.717) is 16.9 Å². The van der Waals surface area contributed by atoms with Crippen LogP contribution in [-0.2, 0) is 0 Å². The van der Waals surface area contributed by atoms with Gasteiger partial charge in [-0.3, -0.25) is 0 Å². The van der Waals surface area contributed by atoms with Crippen molar-refractivity contribution in [3.8, 4) is 6.07 Å². The molecule has 0 spiro atoms. The van der Waals surface area contributed by atoms with E-state index in [4.69, 9.17) is 0 Å². The van der Waals surface area contributed by atoms with Crippen molar-refractivity contribution in [3.05, 3.63) is 29.3 Å². The maximum atomic E-state index is 9.34. The predicted molar refractivity (Wildman–Crippen MR) is 84.7 cm³/mol. The highest BCUT2D eigenvalue weighted by molar-refractivity contribution is 5.61. The molecule has 0 atom stereocenters. The average Bonchev–Trinajstić information content (AvgIpc) is 2.24. The fourth-order valence-electron chi connectivity index (χ4n) is 4.10. The van der Waals surface area contributed by atoms with E-state index in [9.17, 15) is 5.26 Å². The summed E-state index contributed by atoms with van der Waals surface area (Å²) >= 11 is 0. The number of nitrogens with one attached hydrogen (secondary N) is 1. The number of hydrogen-bond donors (Lipinski definition) is 1. The van der Waals surface area contributed by atoms with Gasteiger partial charge in [-0.05, 0) is 48.6 Å². The van der Waals surface area contributed by atoms with Crippen molar-refractivity contribution < 1.29 is 0 Å². The van der Waals surface area contributed by atoms with Crippen LogP contribution < -0.4 is 5.32 Å². The second-order valence-electron chi connectivity index (χ2n) is 7.86. The topological polar surface area (TPSA) is 35.8 Å². The van der Waals surface area contributed by atoms with Crippen LogP contribution in [0.1, 0.15) is 58.1 Å². The van der Waals surface area contributed by atoms with E-state index in [1.54, 1.807) is 0 Å². The van der Waals surface area contributed by atoms with Gasteiger partial charge in [0.2, 0.25) is 0 Å². The molecule has 0 aromatic heterocycles. The first-order valence-corrected chi connectivity index (χ1v) is 7.49. The molecule has 0 heterocycles. The molecule has 108 valence electrons. The van der Waals surface area contributed by atoms with Gasteiger partial charge in [-0.25, -0.2) is 0 Å². The normalized spacial score (nSPS) is 21.2. The maximum absolute atomic E-state index is 9.34. The second-order valence-corrected chi connectivity index (χ2v) is 7.86. The summed E-state index contributed by atoms with van der Waals surface area (Å²) in [6, 6.07) is 8.83. The quantitative estimate of drug-likeness (QED) is 0.831. The third-order valence-corrected chi connectivity index (χ3v) is 4.30. The summed E-state index contributed by atoms with van der Waals surface area (Å²) in [5.74, 6) is 0. The number of rotatable bonds is 2. The van der Waals surface area contributed by atoms with Crippen LogP contribution in [0.4, 0.5) is 5.69 Å². The van der Waals surface area contributed by atoms with Gasteiger partial charge in [0.05, 0.1) is 11.3 Å². The summed E-state index contributed by atoms with van der Waals surface area (Å²) < 4.78 is 0. The summed E-state index contributed by atoms with van der Waals surface area (Å²) in [6.07, 6.45) is 3.58. The third-order valence-electron chi connectivity index (χ3n) is 4.30. The first-order valence-electron chi connectivity index (χ1n) is 7.49. The number of benzene rings is 1. The fraction of sp³-hybridized carbons (Fsp3) is 0.611. The Hall–Kier alpha value is -1.49. The smallest absolute Gasteiger partial charge is 0.102 e. The molecule has 2 nitrogen and oxygen atoms in total. The molecule has 1 N–H and O–H groups in total. The molecule has 0 amide bonds. The summed E-state index contributed by atoms with van der Waals surface area (Å²) in [6.45, 7) is 11.4. The van der Waals surface area contributed by atoms with Crippen LogP contribution in [0, 0.1) is 29.1 Å². The maximum Gasteiger partial charge on any atom is 0.102 e. The lowest BCUT2D eigenvalue weighted by molar-refractivity contribution is 0.105. The zero-order valence-electron chi connectivity index (χ0n) is 13.4. The van der Waals surface area contributed by atoms with Crippen molar-refractivity contribution in [2.24, 2.45) is 10.8 Å². The third kappa shape index (κ3) is 3.33. The Morgan fingerprint density at radius 2 is 1.75 bits per heavy atom. The van der Waals surface area contributed by atoms with Gasteiger partial charge in [-0.15, -0.1) is 0 Å². The van der Waals surface area contributed by atoms with E-state index in [-0.39, 0.29) is 0 Å². The highest BCUT2D eigenvalue weighted by Crippen LogP contribution is 2.46. The predicted octanol–water partition coefficient (Wildman–Crippen LogP) is 4.88. The molecule has 1 aromatic rings. The molecule has 1 saturated carbocycles. The molecule has 0 unspecified atom stereocenters. The fourth-order valence-corrected chi connectivity index (χ4v) is 4.10. The van der Waals surface area contributed by atoms with Crippen LogP contribution in [0.15, 0.2) is 18.2 Å². The standard InChI is InChI=1S/C18H26N2/c1-13-7-6-8-16(15(13)11-19)20-14-9-17(2,3)12-18(4,5)10-14/h6-8,14,20H,9-10,12H2,1-5H3. The lowest BCUT2D eigenvalue weighted by Gasteiger charge is -2.45. The van der Waals surface area contributed by atoms with Crippen molar-refractivity contribution in [2.45, 2.75) is 59.9 Å². The molecule has 1 aromatic carbocycles. The summed E-state index contributed by atoms with van der Waals surface area (Å²) in [5.41, 5.74) is 3.54. The highest BCUT2D eigenvalue weighted by atomic mass is 14.9. The van der Waals surface area contributed by atoms with E-state index in [1.165, 1.54) is 6.42 Å². The molecule has 0 aliphatic heterocycles. The molecule has 1 fully saturated rings. The van der Waals surface area contributed by atoms with Gasteiger partial charge in [0.1, 0.15) is 6.07 Å². The zero-order chi connectivity index (χ0) is 15.0. The van der Waals surface area contributed by atoms with Crippen molar-refractivity contribution in [2.75, 3.05) is 5.32 Å². The lowest BCUT2D eigenvalue weighted by Crippen LogP contribution is -2.40. The SMILES string of the molecule is Cc1cccc(NC2CC(C)(C)CC(C)(C)C2)c1C#N. The van der Waals surface area contributed by atoms with Crippen molar-refractivity contribution >= 4 is 5.69 Å².